The number of hydrogen-bond donors (Lipinski definition) is 1. The van der Waals surface area contributed by atoms with Crippen molar-refractivity contribution in [1.29, 1.82) is 0 Å². The van der Waals surface area contributed by atoms with Crippen LogP contribution in [-0.4, -0.2) is 68.5 Å². The normalized spacial score (nSPS) is 28.8. The maximum atomic E-state index is 12.7. The van der Waals surface area contributed by atoms with Gasteiger partial charge in [0.05, 0.1) is 18.7 Å². The molecule has 3 aliphatic rings. The van der Waals surface area contributed by atoms with Crippen LogP contribution in [0.1, 0.15) is 32.4 Å². The van der Waals surface area contributed by atoms with Gasteiger partial charge in [-0.2, -0.15) is 0 Å². The number of nitrogens with zero attached hydrogens (tertiary/aromatic N) is 5. The van der Waals surface area contributed by atoms with E-state index in [1.54, 1.807) is 24.8 Å². The van der Waals surface area contributed by atoms with Crippen LogP contribution in [0.15, 0.2) is 18.9 Å². The fourth-order valence-electron chi connectivity index (χ4n) is 4.06. The summed E-state index contributed by atoms with van der Waals surface area (Å²) in [7, 11) is 1.85. The van der Waals surface area contributed by atoms with Crippen LogP contribution in [0, 0.1) is 11.8 Å². The second kappa shape index (κ2) is 6.88. The van der Waals surface area contributed by atoms with Gasteiger partial charge in [0.2, 0.25) is 5.91 Å². The molecule has 0 aromatic carbocycles. The van der Waals surface area contributed by atoms with Crippen LogP contribution in [0.25, 0.3) is 0 Å². The van der Waals surface area contributed by atoms with Gasteiger partial charge >= 0.3 is 0 Å². The minimum Gasteiger partial charge on any atom is -0.384 e. The Morgan fingerprint density at radius 3 is 2.88 bits per heavy atom. The molecule has 0 spiro atoms. The van der Waals surface area contributed by atoms with Crippen LogP contribution >= 0.6 is 0 Å². The van der Waals surface area contributed by atoms with Crippen LogP contribution in [0.3, 0.4) is 0 Å². The molecule has 3 fully saturated rings. The van der Waals surface area contributed by atoms with E-state index in [0.717, 1.165) is 32.5 Å². The van der Waals surface area contributed by atoms with Crippen LogP contribution in [-0.2, 0) is 16.9 Å². The number of likely N-dealkylation sites (N-methyl/N-ethyl adjacent to an activating group) is 1. The Morgan fingerprint density at radius 2 is 2.32 bits per heavy atom. The summed E-state index contributed by atoms with van der Waals surface area (Å²) in [6.45, 7) is 10.4. The Morgan fingerprint density at radius 1 is 1.56 bits per heavy atom. The topological polar surface area (TPSA) is 74.5 Å². The van der Waals surface area contributed by atoms with Gasteiger partial charge in [-0.3, -0.25) is 14.4 Å². The molecule has 0 saturated carbocycles. The molecule has 4 heterocycles. The summed E-state index contributed by atoms with van der Waals surface area (Å²) in [5.74, 6) is 0.766. The van der Waals surface area contributed by atoms with Crippen molar-refractivity contribution in [2.75, 3.05) is 26.7 Å². The highest BCUT2D eigenvalue weighted by molar-refractivity contribution is 5.79. The van der Waals surface area contributed by atoms with Crippen molar-refractivity contribution in [2.45, 2.75) is 44.9 Å². The van der Waals surface area contributed by atoms with Gasteiger partial charge in [0.25, 0.3) is 0 Å². The van der Waals surface area contributed by atoms with Crippen LogP contribution in [0.2, 0.25) is 0 Å². The highest BCUT2D eigenvalue weighted by atomic mass is 16.3. The van der Waals surface area contributed by atoms with E-state index >= 15 is 0 Å². The second-order valence-electron chi connectivity index (χ2n) is 7.93. The fraction of sp³-hybridized carbons (Fsp3) is 0.722. The van der Waals surface area contributed by atoms with E-state index < -0.39 is 5.60 Å². The smallest absolute Gasteiger partial charge is 0.227 e. The summed E-state index contributed by atoms with van der Waals surface area (Å²) >= 11 is 0. The van der Waals surface area contributed by atoms with Crippen molar-refractivity contribution in [2.24, 2.45) is 11.8 Å². The molecule has 7 heteroatoms. The molecule has 0 radical (unpaired) electrons. The van der Waals surface area contributed by atoms with Gasteiger partial charge in [-0.15, -0.1) is 11.7 Å². The lowest BCUT2D eigenvalue weighted by atomic mass is 9.75. The Hall–Kier alpha value is -1.73. The quantitative estimate of drug-likeness (QED) is 0.773. The maximum absolute atomic E-state index is 12.7. The minimum atomic E-state index is -0.975. The summed E-state index contributed by atoms with van der Waals surface area (Å²) in [6.07, 6.45) is 5.69. The SMILES string of the molecule is C=CCN(C)C(=O)[C@H]1CN2CC[C@H]1C[C@@H]2Cn1cc(C(C)(C)O)nn1. The van der Waals surface area contributed by atoms with E-state index in [1.165, 1.54) is 0 Å². The Labute approximate surface area is 149 Å². The number of amides is 1. The molecular formula is C18H29N5O2. The van der Waals surface area contributed by atoms with Crippen molar-refractivity contribution in [1.82, 2.24) is 24.8 Å². The third kappa shape index (κ3) is 3.77. The molecule has 1 unspecified atom stereocenters. The summed E-state index contributed by atoms with van der Waals surface area (Å²) in [6, 6.07) is 0.379. The molecule has 25 heavy (non-hydrogen) atoms. The van der Waals surface area contributed by atoms with Gasteiger partial charge in [-0.25, -0.2) is 0 Å². The van der Waals surface area contributed by atoms with Crippen LogP contribution in [0.5, 0.6) is 0 Å². The van der Waals surface area contributed by atoms with Gasteiger partial charge in [0.1, 0.15) is 11.3 Å². The fourth-order valence-corrected chi connectivity index (χ4v) is 4.06. The Kier molecular flexibility index (Phi) is 4.97. The first-order valence-corrected chi connectivity index (χ1v) is 9.02. The summed E-state index contributed by atoms with van der Waals surface area (Å²) in [4.78, 5) is 16.8. The highest BCUT2D eigenvalue weighted by Crippen LogP contribution is 2.37. The zero-order valence-electron chi connectivity index (χ0n) is 15.4. The third-order valence-electron chi connectivity index (χ3n) is 5.54. The molecule has 138 valence electrons. The van der Waals surface area contributed by atoms with E-state index in [4.69, 9.17) is 0 Å². The number of aliphatic hydroxyl groups is 1. The number of carbonyl (C=O) groups excluding carboxylic acids is 1. The van der Waals surface area contributed by atoms with Crippen LogP contribution < -0.4 is 0 Å². The lowest BCUT2D eigenvalue weighted by Crippen LogP contribution is -2.58. The number of aromatic nitrogens is 3. The van der Waals surface area contributed by atoms with Crippen molar-refractivity contribution >= 4 is 5.91 Å². The molecular weight excluding hydrogens is 318 g/mol. The lowest BCUT2D eigenvalue weighted by Gasteiger charge is -2.49. The monoisotopic (exact) mass is 347 g/mol. The molecule has 1 aromatic rings. The van der Waals surface area contributed by atoms with E-state index in [2.05, 4.69) is 21.8 Å². The maximum Gasteiger partial charge on any atom is 0.227 e. The lowest BCUT2D eigenvalue weighted by molar-refractivity contribution is -0.142. The highest BCUT2D eigenvalue weighted by Gasteiger charge is 2.44. The first-order chi connectivity index (χ1) is 11.8. The van der Waals surface area contributed by atoms with Crippen molar-refractivity contribution in [3.8, 4) is 0 Å². The number of piperidine rings is 3. The van der Waals surface area contributed by atoms with Crippen molar-refractivity contribution in [3.63, 3.8) is 0 Å². The molecule has 3 aliphatic heterocycles. The first kappa shape index (κ1) is 18.1. The Balaban J connectivity index is 1.63. The van der Waals surface area contributed by atoms with E-state index in [9.17, 15) is 9.90 Å². The second-order valence-corrected chi connectivity index (χ2v) is 7.93. The number of hydrogen-bond acceptors (Lipinski definition) is 5. The molecule has 4 atom stereocenters. The van der Waals surface area contributed by atoms with E-state index in [0.29, 0.717) is 24.2 Å². The van der Waals surface area contributed by atoms with Gasteiger partial charge < -0.3 is 10.0 Å². The van der Waals surface area contributed by atoms with Gasteiger partial charge in [-0.1, -0.05) is 11.3 Å². The molecule has 1 aromatic heterocycles. The average molecular weight is 347 g/mol. The summed E-state index contributed by atoms with van der Waals surface area (Å²) in [5.41, 5.74) is -0.389. The van der Waals surface area contributed by atoms with Crippen molar-refractivity contribution in [3.05, 3.63) is 24.5 Å². The van der Waals surface area contributed by atoms with Gasteiger partial charge in [0, 0.05) is 26.2 Å². The molecule has 1 N–H and O–H groups in total. The predicted molar refractivity (Wildman–Crippen MR) is 94.7 cm³/mol. The van der Waals surface area contributed by atoms with Crippen LogP contribution in [0.4, 0.5) is 0 Å². The zero-order valence-corrected chi connectivity index (χ0v) is 15.4. The number of carbonyl (C=O) groups is 1. The largest absolute Gasteiger partial charge is 0.384 e. The molecule has 4 rings (SSSR count). The first-order valence-electron chi connectivity index (χ1n) is 9.02. The molecule has 7 nitrogen and oxygen atoms in total. The predicted octanol–water partition coefficient (Wildman–Crippen LogP) is 0.860. The molecule has 0 aliphatic carbocycles. The molecule has 1 amide bonds. The van der Waals surface area contributed by atoms with Gasteiger partial charge in [0.15, 0.2) is 0 Å². The van der Waals surface area contributed by atoms with E-state index in [1.807, 2.05) is 17.9 Å². The third-order valence-corrected chi connectivity index (χ3v) is 5.54. The Bertz CT molecular complexity index is 636. The minimum absolute atomic E-state index is 0.0950. The molecule has 2 bridgehead atoms. The number of rotatable bonds is 6. The summed E-state index contributed by atoms with van der Waals surface area (Å²) in [5, 5.41) is 18.3. The molecule has 3 saturated heterocycles. The number of fused-ring (bicyclic) bond motifs is 3. The summed E-state index contributed by atoms with van der Waals surface area (Å²) < 4.78 is 1.82. The average Bonchev–Trinajstić information content (AvgIpc) is 3.04. The zero-order chi connectivity index (χ0) is 18.2. The standard InChI is InChI=1S/C18H29N5O2/c1-5-7-21(4)17(24)15-11-22-8-6-13(15)9-14(22)10-23-12-16(19-20-23)18(2,3)25/h5,12-15,25H,1,6-11H2,2-4H3/t13-,14+,15-/m0/s1. The van der Waals surface area contributed by atoms with E-state index in [-0.39, 0.29) is 11.8 Å². The van der Waals surface area contributed by atoms with Crippen molar-refractivity contribution < 1.29 is 9.90 Å². The van der Waals surface area contributed by atoms with Gasteiger partial charge in [-0.05, 0) is 39.2 Å².